The molecule has 1 atom stereocenters. The highest BCUT2D eigenvalue weighted by Gasteiger charge is 2.50. The summed E-state index contributed by atoms with van der Waals surface area (Å²) < 4.78 is 0. The second-order valence-corrected chi connectivity index (χ2v) is 3.68. The Kier molecular flexibility index (Phi) is 2.07. The van der Waals surface area contributed by atoms with Gasteiger partial charge in [0.25, 0.3) is 5.91 Å². The Morgan fingerprint density at radius 1 is 1.56 bits per heavy atom. The summed E-state index contributed by atoms with van der Waals surface area (Å²) in [6.45, 7) is 3.45. The van der Waals surface area contributed by atoms with Gasteiger partial charge in [-0.2, -0.15) is 5.26 Å². The Labute approximate surface area is 93.0 Å². The molecule has 0 bridgehead atoms. The van der Waals surface area contributed by atoms with Crippen molar-refractivity contribution in [2.75, 3.05) is 11.9 Å². The van der Waals surface area contributed by atoms with E-state index >= 15 is 0 Å². The van der Waals surface area contributed by atoms with E-state index in [0.717, 1.165) is 0 Å². The summed E-state index contributed by atoms with van der Waals surface area (Å²) in [5, 5.41) is 19.1. The van der Waals surface area contributed by atoms with Crippen molar-refractivity contribution in [3.05, 3.63) is 42.0 Å². The van der Waals surface area contributed by atoms with Crippen molar-refractivity contribution in [3.8, 4) is 6.07 Å². The lowest BCUT2D eigenvalue weighted by Crippen LogP contribution is -2.39. The van der Waals surface area contributed by atoms with Crippen LogP contribution in [0.25, 0.3) is 0 Å². The Hall–Kier alpha value is -2.12. The first-order chi connectivity index (χ1) is 7.53. The van der Waals surface area contributed by atoms with Gasteiger partial charge in [0.15, 0.2) is 0 Å². The highest BCUT2D eigenvalue weighted by Crippen LogP contribution is 2.42. The number of nitriles is 1. The number of hydrogen-bond acceptors (Lipinski definition) is 3. The lowest BCUT2D eigenvalue weighted by molar-refractivity contribution is -0.131. The third-order valence-corrected chi connectivity index (χ3v) is 2.84. The Balaban J connectivity index is 2.71. The average molecular weight is 214 g/mol. The predicted molar refractivity (Wildman–Crippen MR) is 58.5 cm³/mol. The maximum Gasteiger partial charge on any atom is 0.268 e. The number of carbonyl (C=O) groups is 1. The van der Waals surface area contributed by atoms with Gasteiger partial charge in [-0.25, -0.2) is 0 Å². The third kappa shape index (κ3) is 1.03. The van der Waals surface area contributed by atoms with E-state index in [2.05, 4.69) is 6.58 Å². The summed E-state index contributed by atoms with van der Waals surface area (Å²) in [6, 6.07) is 8.57. The Morgan fingerprint density at radius 3 is 2.81 bits per heavy atom. The Morgan fingerprint density at radius 2 is 2.19 bits per heavy atom. The first kappa shape index (κ1) is 10.4. The molecule has 2 rings (SSSR count). The molecule has 80 valence electrons. The Bertz CT molecular complexity index is 530. The van der Waals surface area contributed by atoms with E-state index in [0.29, 0.717) is 11.3 Å². The molecular formula is C12H10N2O2. The number of hydrogen-bond donors (Lipinski definition) is 1. The number of benzene rings is 1. The van der Waals surface area contributed by atoms with Crippen molar-refractivity contribution in [3.63, 3.8) is 0 Å². The van der Waals surface area contributed by atoms with Gasteiger partial charge in [0.2, 0.25) is 5.60 Å². The van der Waals surface area contributed by atoms with Crippen LogP contribution in [0.4, 0.5) is 5.69 Å². The molecule has 1 aliphatic heterocycles. The fourth-order valence-electron chi connectivity index (χ4n) is 1.91. The van der Waals surface area contributed by atoms with Crippen LogP contribution in [0.1, 0.15) is 5.56 Å². The molecule has 0 aromatic heterocycles. The SMILES string of the molecule is C=C(C#N)C1(O)C(=O)N(C)c2ccccc21. The molecule has 1 aromatic carbocycles. The molecule has 0 spiro atoms. The molecule has 1 aromatic rings. The van der Waals surface area contributed by atoms with Crippen LogP contribution in [-0.2, 0) is 10.4 Å². The molecule has 0 fully saturated rings. The number of rotatable bonds is 1. The maximum absolute atomic E-state index is 11.9. The minimum Gasteiger partial charge on any atom is -0.371 e. The number of amides is 1. The van der Waals surface area contributed by atoms with Gasteiger partial charge >= 0.3 is 0 Å². The van der Waals surface area contributed by atoms with Crippen molar-refractivity contribution in [2.45, 2.75) is 5.60 Å². The van der Waals surface area contributed by atoms with Gasteiger partial charge in [0.1, 0.15) is 0 Å². The molecule has 1 N–H and O–H groups in total. The van der Waals surface area contributed by atoms with Crippen LogP contribution in [0.15, 0.2) is 36.4 Å². The van der Waals surface area contributed by atoms with Crippen molar-refractivity contribution in [1.82, 2.24) is 0 Å². The van der Waals surface area contributed by atoms with Crippen molar-refractivity contribution < 1.29 is 9.90 Å². The van der Waals surface area contributed by atoms with Crippen molar-refractivity contribution in [2.24, 2.45) is 0 Å². The van der Waals surface area contributed by atoms with Crippen LogP contribution in [0.5, 0.6) is 0 Å². The number of anilines is 1. The molecule has 1 heterocycles. The summed E-state index contributed by atoms with van der Waals surface area (Å²) in [6.07, 6.45) is 0. The van der Waals surface area contributed by atoms with Crippen LogP contribution < -0.4 is 4.90 Å². The molecule has 1 unspecified atom stereocenters. The molecule has 0 radical (unpaired) electrons. The number of aliphatic hydroxyl groups is 1. The molecule has 1 amide bonds. The summed E-state index contributed by atoms with van der Waals surface area (Å²) >= 11 is 0. The van der Waals surface area contributed by atoms with E-state index < -0.39 is 11.5 Å². The number of likely N-dealkylation sites (N-methyl/N-ethyl adjacent to an activating group) is 1. The number of nitrogens with zero attached hydrogens (tertiary/aromatic N) is 2. The average Bonchev–Trinajstić information content (AvgIpc) is 2.52. The molecule has 4 nitrogen and oxygen atoms in total. The van der Waals surface area contributed by atoms with Gasteiger partial charge in [0.05, 0.1) is 17.3 Å². The smallest absolute Gasteiger partial charge is 0.268 e. The van der Waals surface area contributed by atoms with E-state index in [1.807, 2.05) is 0 Å². The predicted octanol–water partition coefficient (Wildman–Crippen LogP) is 0.930. The zero-order chi connectivity index (χ0) is 11.9. The summed E-state index contributed by atoms with van der Waals surface area (Å²) in [5.74, 6) is -0.541. The normalized spacial score (nSPS) is 22.8. The first-order valence-corrected chi connectivity index (χ1v) is 4.73. The second kappa shape index (κ2) is 3.19. The molecule has 4 heteroatoms. The molecule has 0 saturated carbocycles. The summed E-state index contributed by atoms with van der Waals surface area (Å²) in [5.41, 5.74) is -1.05. The van der Waals surface area contributed by atoms with Gasteiger partial charge in [-0.1, -0.05) is 24.8 Å². The fraction of sp³-hybridized carbons (Fsp3) is 0.167. The summed E-state index contributed by atoms with van der Waals surface area (Å²) in [7, 11) is 1.56. The van der Waals surface area contributed by atoms with Crippen molar-refractivity contribution in [1.29, 1.82) is 5.26 Å². The van der Waals surface area contributed by atoms with E-state index in [4.69, 9.17) is 5.26 Å². The lowest BCUT2D eigenvalue weighted by Gasteiger charge is -2.19. The van der Waals surface area contributed by atoms with E-state index in [9.17, 15) is 9.90 Å². The number of carbonyl (C=O) groups excluding carboxylic acids is 1. The molecule has 1 aliphatic rings. The van der Waals surface area contributed by atoms with Gasteiger partial charge in [-0.3, -0.25) is 4.79 Å². The minimum absolute atomic E-state index is 0.158. The third-order valence-electron chi connectivity index (χ3n) is 2.84. The molecule has 0 aliphatic carbocycles. The van der Waals surface area contributed by atoms with Crippen LogP contribution >= 0.6 is 0 Å². The maximum atomic E-state index is 11.9. The second-order valence-electron chi connectivity index (χ2n) is 3.68. The van der Waals surface area contributed by atoms with Crippen LogP contribution in [-0.4, -0.2) is 18.1 Å². The number of fused-ring (bicyclic) bond motifs is 1. The quantitative estimate of drug-likeness (QED) is 0.707. The molecule has 0 saturated heterocycles. The standard InChI is InChI=1S/C12H10N2O2/c1-8(7-13)12(16)9-5-3-4-6-10(9)14(2)11(12)15/h3-6,16H,1H2,2H3. The highest BCUT2D eigenvalue weighted by molar-refractivity contribution is 6.09. The topological polar surface area (TPSA) is 64.3 Å². The largest absolute Gasteiger partial charge is 0.371 e. The van der Waals surface area contributed by atoms with Gasteiger partial charge in [-0.15, -0.1) is 0 Å². The van der Waals surface area contributed by atoms with Gasteiger partial charge < -0.3 is 10.0 Å². The zero-order valence-corrected chi connectivity index (χ0v) is 8.77. The number of para-hydroxylation sites is 1. The van der Waals surface area contributed by atoms with Gasteiger partial charge in [0, 0.05) is 12.6 Å². The first-order valence-electron chi connectivity index (χ1n) is 4.73. The van der Waals surface area contributed by atoms with E-state index in [1.165, 1.54) is 4.90 Å². The van der Waals surface area contributed by atoms with Crippen LogP contribution in [0, 0.1) is 11.3 Å². The highest BCUT2D eigenvalue weighted by atomic mass is 16.3. The van der Waals surface area contributed by atoms with Crippen LogP contribution in [0.3, 0.4) is 0 Å². The van der Waals surface area contributed by atoms with Crippen molar-refractivity contribution >= 4 is 11.6 Å². The zero-order valence-electron chi connectivity index (χ0n) is 8.77. The van der Waals surface area contributed by atoms with E-state index in [1.54, 1.807) is 37.4 Å². The monoisotopic (exact) mass is 214 g/mol. The fourth-order valence-corrected chi connectivity index (χ4v) is 1.91. The van der Waals surface area contributed by atoms with E-state index in [-0.39, 0.29) is 5.57 Å². The molecular weight excluding hydrogens is 204 g/mol. The van der Waals surface area contributed by atoms with Crippen LogP contribution in [0.2, 0.25) is 0 Å². The lowest BCUT2D eigenvalue weighted by atomic mass is 9.89. The minimum atomic E-state index is -1.90. The summed E-state index contributed by atoms with van der Waals surface area (Å²) in [4.78, 5) is 13.3. The molecule has 16 heavy (non-hydrogen) atoms. The van der Waals surface area contributed by atoms with Gasteiger partial charge in [-0.05, 0) is 6.07 Å².